The van der Waals surface area contributed by atoms with Gasteiger partial charge in [0.15, 0.2) is 0 Å². The Kier molecular flexibility index (Phi) is 2.80. The highest BCUT2D eigenvalue weighted by Crippen LogP contribution is 2.29. The van der Waals surface area contributed by atoms with Gasteiger partial charge in [0, 0.05) is 0 Å². The minimum atomic E-state index is -0.923. The summed E-state index contributed by atoms with van der Waals surface area (Å²) in [6.45, 7) is 3.86. The van der Waals surface area contributed by atoms with E-state index in [-0.39, 0.29) is 0 Å². The predicted molar refractivity (Wildman–Crippen MR) is 66.3 cm³/mol. The van der Waals surface area contributed by atoms with Gasteiger partial charge in [0.05, 0.1) is 0 Å². The molecule has 16 heavy (non-hydrogen) atoms. The van der Waals surface area contributed by atoms with Gasteiger partial charge in [0.25, 0.3) is 0 Å². The molecule has 0 radical (unpaired) electrons. The van der Waals surface area contributed by atoms with Crippen LogP contribution in [0.2, 0.25) is 0 Å². The summed E-state index contributed by atoms with van der Waals surface area (Å²) in [5.41, 5.74) is 2.08. The third-order valence-corrected chi connectivity index (χ3v) is 2.92. The van der Waals surface area contributed by atoms with E-state index in [1.54, 1.807) is 0 Å². The molecule has 0 heterocycles. The number of aryl methyl sites for hydroxylation is 1. The van der Waals surface area contributed by atoms with Crippen LogP contribution >= 0.6 is 0 Å². The Hall–Kier alpha value is -1.60. The molecule has 0 spiro atoms. The summed E-state index contributed by atoms with van der Waals surface area (Å²) >= 11 is 0. The molecule has 1 nitrogen and oxygen atoms in total. The first kappa shape index (κ1) is 10.9. The van der Waals surface area contributed by atoms with E-state index in [1.165, 1.54) is 0 Å². The summed E-state index contributed by atoms with van der Waals surface area (Å²) in [7, 11) is 0. The van der Waals surface area contributed by atoms with Crippen LogP contribution in [0, 0.1) is 6.92 Å². The average Bonchev–Trinajstić information content (AvgIpc) is 2.30. The van der Waals surface area contributed by atoms with Crippen molar-refractivity contribution >= 4 is 0 Å². The van der Waals surface area contributed by atoms with Gasteiger partial charge >= 0.3 is 0 Å². The molecule has 1 atom stereocenters. The van der Waals surface area contributed by atoms with E-state index in [2.05, 4.69) is 0 Å². The van der Waals surface area contributed by atoms with Gasteiger partial charge < -0.3 is 5.11 Å². The number of aliphatic hydroxyl groups is 1. The molecule has 1 heteroatoms. The maximum atomic E-state index is 10.6. The summed E-state index contributed by atoms with van der Waals surface area (Å²) in [5.74, 6) is 0. The molecular weight excluding hydrogens is 196 g/mol. The van der Waals surface area contributed by atoms with Crippen molar-refractivity contribution in [1.29, 1.82) is 0 Å². The topological polar surface area (TPSA) is 20.2 Å². The van der Waals surface area contributed by atoms with Crippen LogP contribution < -0.4 is 0 Å². The van der Waals surface area contributed by atoms with Gasteiger partial charge in [-0.15, -0.1) is 0 Å². The van der Waals surface area contributed by atoms with E-state index in [0.29, 0.717) is 0 Å². The Morgan fingerprint density at radius 1 is 0.875 bits per heavy atom. The molecular formula is C15H16O. The third kappa shape index (κ3) is 2.00. The van der Waals surface area contributed by atoms with Crippen molar-refractivity contribution in [2.75, 3.05) is 0 Å². The monoisotopic (exact) mass is 212 g/mol. The second-order valence-corrected chi connectivity index (χ2v) is 4.31. The maximum absolute atomic E-state index is 10.6. The minimum absolute atomic E-state index is 0.917. The number of benzene rings is 2. The fourth-order valence-corrected chi connectivity index (χ4v) is 1.88. The Morgan fingerprint density at radius 2 is 1.50 bits per heavy atom. The van der Waals surface area contributed by atoms with E-state index >= 15 is 0 Å². The Morgan fingerprint density at radius 3 is 2.12 bits per heavy atom. The highest BCUT2D eigenvalue weighted by atomic mass is 16.3. The minimum Gasteiger partial charge on any atom is -0.381 e. The molecule has 0 aromatic heterocycles. The van der Waals surface area contributed by atoms with Gasteiger partial charge in [-0.3, -0.25) is 0 Å². The summed E-state index contributed by atoms with van der Waals surface area (Å²) in [6, 6.07) is 17.7. The molecule has 0 aliphatic heterocycles. The first-order valence-electron chi connectivity index (χ1n) is 5.46. The quantitative estimate of drug-likeness (QED) is 0.810. The van der Waals surface area contributed by atoms with Crippen molar-refractivity contribution < 1.29 is 5.11 Å². The lowest BCUT2D eigenvalue weighted by Crippen LogP contribution is -2.22. The zero-order valence-electron chi connectivity index (χ0n) is 9.64. The average molecular weight is 212 g/mol. The molecule has 2 rings (SSSR count). The zero-order valence-corrected chi connectivity index (χ0v) is 9.64. The van der Waals surface area contributed by atoms with E-state index in [9.17, 15) is 5.11 Å². The Bertz CT molecular complexity index is 472. The predicted octanol–water partition coefficient (Wildman–Crippen LogP) is 3.25. The molecule has 0 fully saturated rings. The zero-order chi connectivity index (χ0) is 11.6. The first-order valence-corrected chi connectivity index (χ1v) is 5.46. The van der Waals surface area contributed by atoms with Gasteiger partial charge in [0.2, 0.25) is 0 Å². The number of hydrogen-bond donors (Lipinski definition) is 1. The van der Waals surface area contributed by atoms with Crippen LogP contribution in [0.5, 0.6) is 0 Å². The second-order valence-electron chi connectivity index (χ2n) is 4.31. The van der Waals surface area contributed by atoms with Crippen LogP contribution in [0.4, 0.5) is 0 Å². The molecule has 2 aromatic rings. The largest absolute Gasteiger partial charge is 0.381 e. The van der Waals surface area contributed by atoms with E-state index in [4.69, 9.17) is 0 Å². The molecule has 0 aliphatic carbocycles. The SMILES string of the molecule is Cc1cccc([C@@](C)(O)c2ccccc2)c1. The Balaban J connectivity index is 2.47. The van der Waals surface area contributed by atoms with Gasteiger partial charge in [-0.25, -0.2) is 0 Å². The lowest BCUT2D eigenvalue weighted by Gasteiger charge is -2.24. The van der Waals surface area contributed by atoms with Crippen LogP contribution in [-0.2, 0) is 5.60 Å². The van der Waals surface area contributed by atoms with Crippen molar-refractivity contribution in [3.05, 3.63) is 71.3 Å². The van der Waals surface area contributed by atoms with Gasteiger partial charge in [-0.2, -0.15) is 0 Å². The highest BCUT2D eigenvalue weighted by molar-refractivity contribution is 5.36. The van der Waals surface area contributed by atoms with Gasteiger partial charge in [-0.05, 0) is 25.0 Å². The fraction of sp³-hybridized carbons (Fsp3) is 0.200. The molecule has 0 unspecified atom stereocenters. The normalized spacial score (nSPS) is 14.4. The first-order chi connectivity index (χ1) is 7.60. The van der Waals surface area contributed by atoms with Crippen LogP contribution in [0.15, 0.2) is 54.6 Å². The molecule has 2 aromatic carbocycles. The van der Waals surface area contributed by atoms with Crippen molar-refractivity contribution in [2.24, 2.45) is 0 Å². The molecule has 82 valence electrons. The summed E-state index contributed by atoms with van der Waals surface area (Å²) < 4.78 is 0. The highest BCUT2D eigenvalue weighted by Gasteiger charge is 2.24. The molecule has 0 aliphatic rings. The van der Waals surface area contributed by atoms with Crippen molar-refractivity contribution in [1.82, 2.24) is 0 Å². The Labute approximate surface area is 96.4 Å². The standard InChI is InChI=1S/C15H16O/c1-12-7-6-10-14(11-12)15(2,16)13-8-4-3-5-9-13/h3-11,16H,1-2H3/t15-/m0/s1. The molecule has 0 saturated heterocycles. The maximum Gasteiger partial charge on any atom is 0.112 e. The van der Waals surface area contributed by atoms with E-state index in [1.807, 2.05) is 68.4 Å². The van der Waals surface area contributed by atoms with Crippen molar-refractivity contribution in [2.45, 2.75) is 19.4 Å². The van der Waals surface area contributed by atoms with E-state index in [0.717, 1.165) is 16.7 Å². The molecule has 0 saturated carbocycles. The number of rotatable bonds is 2. The third-order valence-electron chi connectivity index (χ3n) is 2.92. The van der Waals surface area contributed by atoms with Crippen LogP contribution in [-0.4, -0.2) is 5.11 Å². The van der Waals surface area contributed by atoms with Gasteiger partial charge in [0.1, 0.15) is 5.60 Å². The fourth-order valence-electron chi connectivity index (χ4n) is 1.88. The van der Waals surface area contributed by atoms with Crippen LogP contribution in [0.1, 0.15) is 23.6 Å². The molecule has 1 N–H and O–H groups in total. The summed E-state index contributed by atoms with van der Waals surface area (Å²) in [6.07, 6.45) is 0. The lowest BCUT2D eigenvalue weighted by molar-refractivity contribution is 0.102. The van der Waals surface area contributed by atoms with E-state index < -0.39 is 5.60 Å². The van der Waals surface area contributed by atoms with Crippen molar-refractivity contribution in [3.63, 3.8) is 0 Å². The smallest absolute Gasteiger partial charge is 0.112 e. The molecule has 0 amide bonds. The van der Waals surface area contributed by atoms with Crippen molar-refractivity contribution in [3.8, 4) is 0 Å². The molecule has 0 bridgehead atoms. The summed E-state index contributed by atoms with van der Waals surface area (Å²) in [5, 5.41) is 10.6. The number of hydrogen-bond acceptors (Lipinski definition) is 1. The lowest BCUT2D eigenvalue weighted by atomic mass is 9.88. The van der Waals surface area contributed by atoms with Crippen LogP contribution in [0.25, 0.3) is 0 Å². The van der Waals surface area contributed by atoms with Crippen LogP contribution in [0.3, 0.4) is 0 Å². The second kappa shape index (κ2) is 4.11. The summed E-state index contributed by atoms with van der Waals surface area (Å²) in [4.78, 5) is 0. The van der Waals surface area contributed by atoms with Gasteiger partial charge in [-0.1, -0.05) is 60.2 Å².